The molecule has 0 unspecified atom stereocenters. The Morgan fingerprint density at radius 1 is 1.12 bits per heavy atom. The number of hydrogen-bond acceptors (Lipinski definition) is 9. The van der Waals surface area contributed by atoms with E-state index in [0.29, 0.717) is 29.4 Å². The standard InChI is InChI=1S/C22H27N9O/c1-30-24-14-20(29-30)27-22-26-19-7-2-15(13-23)12-18(19)21(28-22)25-16-3-5-17(6-4-16)31-8-10-32-11-9-31/h2,7,12,14,16-17H,3-6,8-11H2,1H3,(H2,25,26,27,28,29)/t16-,17-. The van der Waals surface area contributed by atoms with E-state index in [1.807, 2.05) is 12.1 Å². The Hall–Kier alpha value is -3.29. The van der Waals surface area contributed by atoms with Crippen molar-refractivity contribution < 1.29 is 4.74 Å². The van der Waals surface area contributed by atoms with Crippen LogP contribution in [0.15, 0.2) is 24.4 Å². The normalized spacial score (nSPS) is 21.9. The highest BCUT2D eigenvalue weighted by molar-refractivity contribution is 5.91. The third-order valence-electron chi connectivity index (χ3n) is 6.26. The molecular weight excluding hydrogens is 406 g/mol. The predicted octanol–water partition coefficient (Wildman–Crippen LogP) is 2.43. The third-order valence-corrected chi connectivity index (χ3v) is 6.26. The van der Waals surface area contributed by atoms with Crippen LogP contribution in [0.5, 0.6) is 0 Å². The van der Waals surface area contributed by atoms with E-state index in [-0.39, 0.29) is 0 Å². The van der Waals surface area contributed by atoms with Gasteiger partial charge in [-0.05, 0) is 43.9 Å². The van der Waals surface area contributed by atoms with Crippen LogP contribution in [-0.4, -0.2) is 68.2 Å². The minimum atomic E-state index is 0.334. The zero-order valence-electron chi connectivity index (χ0n) is 18.2. The summed E-state index contributed by atoms with van der Waals surface area (Å²) in [5.41, 5.74) is 1.37. The number of rotatable bonds is 5. The first-order chi connectivity index (χ1) is 15.7. The number of morpholine rings is 1. The fraction of sp³-hybridized carbons (Fsp3) is 0.500. The number of nitriles is 1. The number of fused-ring (bicyclic) bond motifs is 1. The van der Waals surface area contributed by atoms with E-state index in [9.17, 15) is 5.26 Å². The Labute approximate surface area is 186 Å². The van der Waals surface area contributed by atoms with Gasteiger partial charge in [0.2, 0.25) is 5.95 Å². The van der Waals surface area contributed by atoms with Gasteiger partial charge in [-0.15, -0.1) is 5.10 Å². The minimum Gasteiger partial charge on any atom is -0.379 e. The summed E-state index contributed by atoms with van der Waals surface area (Å²) >= 11 is 0. The van der Waals surface area contributed by atoms with Crippen LogP contribution in [0.3, 0.4) is 0 Å². The molecule has 1 aromatic carbocycles. The van der Waals surface area contributed by atoms with Crippen LogP contribution < -0.4 is 10.6 Å². The van der Waals surface area contributed by atoms with E-state index in [2.05, 4.69) is 36.8 Å². The van der Waals surface area contributed by atoms with Crippen LogP contribution >= 0.6 is 0 Å². The number of hydrogen-bond donors (Lipinski definition) is 2. The van der Waals surface area contributed by atoms with Crippen molar-refractivity contribution in [3.63, 3.8) is 0 Å². The summed E-state index contributed by atoms with van der Waals surface area (Å²) in [6.45, 7) is 3.75. The monoisotopic (exact) mass is 433 g/mol. The zero-order chi connectivity index (χ0) is 21.9. The molecule has 0 radical (unpaired) electrons. The van der Waals surface area contributed by atoms with E-state index in [1.165, 1.54) is 4.80 Å². The average molecular weight is 434 g/mol. The van der Waals surface area contributed by atoms with Gasteiger partial charge in [0, 0.05) is 37.6 Å². The highest BCUT2D eigenvalue weighted by Gasteiger charge is 2.27. The molecule has 2 N–H and O–H groups in total. The van der Waals surface area contributed by atoms with Crippen LogP contribution in [0.4, 0.5) is 17.6 Å². The molecule has 3 heterocycles. The maximum Gasteiger partial charge on any atom is 0.231 e. The van der Waals surface area contributed by atoms with Crippen molar-refractivity contribution >= 4 is 28.5 Å². The molecule has 1 aliphatic carbocycles. The smallest absolute Gasteiger partial charge is 0.231 e. The molecule has 1 saturated carbocycles. The Morgan fingerprint density at radius 3 is 2.66 bits per heavy atom. The fourth-order valence-corrected chi connectivity index (χ4v) is 4.60. The summed E-state index contributed by atoms with van der Waals surface area (Å²) in [6.07, 6.45) is 6.12. The van der Waals surface area contributed by atoms with Gasteiger partial charge in [-0.2, -0.15) is 20.1 Å². The van der Waals surface area contributed by atoms with Crippen LogP contribution in [-0.2, 0) is 11.8 Å². The predicted molar refractivity (Wildman–Crippen MR) is 121 cm³/mol. The van der Waals surface area contributed by atoms with Crippen LogP contribution in [0.25, 0.3) is 10.9 Å². The maximum absolute atomic E-state index is 9.36. The Balaban J connectivity index is 1.36. The van der Waals surface area contributed by atoms with Gasteiger partial charge in [0.05, 0.1) is 36.6 Å². The van der Waals surface area contributed by atoms with Crippen LogP contribution in [0, 0.1) is 11.3 Å². The van der Waals surface area contributed by atoms with Gasteiger partial charge in [-0.3, -0.25) is 4.90 Å². The van der Waals surface area contributed by atoms with Crippen molar-refractivity contribution in [3.05, 3.63) is 30.0 Å². The van der Waals surface area contributed by atoms with E-state index < -0.39 is 0 Å². The quantitative estimate of drug-likeness (QED) is 0.625. The van der Waals surface area contributed by atoms with E-state index >= 15 is 0 Å². The molecule has 2 fully saturated rings. The van der Waals surface area contributed by atoms with Gasteiger partial charge >= 0.3 is 0 Å². The van der Waals surface area contributed by atoms with Crippen LogP contribution in [0.2, 0.25) is 0 Å². The molecule has 0 atom stereocenters. The number of nitrogens with zero attached hydrogens (tertiary/aromatic N) is 7. The Morgan fingerprint density at radius 2 is 1.94 bits per heavy atom. The van der Waals surface area contributed by atoms with Gasteiger partial charge in [-0.1, -0.05) is 0 Å². The van der Waals surface area contributed by atoms with Crippen molar-refractivity contribution in [2.24, 2.45) is 7.05 Å². The summed E-state index contributed by atoms with van der Waals surface area (Å²) < 4.78 is 5.50. The lowest BCUT2D eigenvalue weighted by atomic mass is 9.90. The first-order valence-electron chi connectivity index (χ1n) is 11.1. The second-order valence-electron chi connectivity index (χ2n) is 8.38. The molecule has 0 bridgehead atoms. The molecule has 2 aliphatic rings. The highest BCUT2D eigenvalue weighted by atomic mass is 16.5. The number of ether oxygens (including phenoxy) is 1. The molecule has 0 amide bonds. The van der Waals surface area contributed by atoms with Crippen molar-refractivity contribution in [3.8, 4) is 6.07 Å². The van der Waals surface area contributed by atoms with Crippen LogP contribution in [0.1, 0.15) is 31.2 Å². The topological polar surface area (TPSA) is 117 Å². The number of aromatic nitrogens is 5. The molecule has 10 heteroatoms. The second-order valence-corrected chi connectivity index (χ2v) is 8.38. The van der Waals surface area contributed by atoms with Gasteiger partial charge in [-0.25, -0.2) is 4.98 Å². The molecule has 32 heavy (non-hydrogen) atoms. The minimum absolute atomic E-state index is 0.334. The summed E-state index contributed by atoms with van der Waals surface area (Å²) in [7, 11) is 1.76. The number of anilines is 3. The van der Waals surface area contributed by atoms with Gasteiger partial charge in [0.1, 0.15) is 5.82 Å². The lowest BCUT2D eigenvalue weighted by Gasteiger charge is -2.39. The van der Waals surface area contributed by atoms with Crippen molar-refractivity contribution in [2.75, 3.05) is 36.9 Å². The number of benzene rings is 1. The Bertz CT molecular complexity index is 1120. The van der Waals surface area contributed by atoms with Gasteiger partial charge in [0.25, 0.3) is 0 Å². The SMILES string of the molecule is Cn1ncc(Nc2nc(N[C@H]3CC[C@H](N4CCOCC4)CC3)c3cc(C#N)ccc3n2)n1. The molecule has 1 aliphatic heterocycles. The first-order valence-corrected chi connectivity index (χ1v) is 11.1. The summed E-state index contributed by atoms with van der Waals surface area (Å²) in [5.74, 6) is 1.78. The first kappa shape index (κ1) is 20.6. The lowest BCUT2D eigenvalue weighted by molar-refractivity contribution is 0.00791. The van der Waals surface area contributed by atoms with Gasteiger partial charge < -0.3 is 15.4 Å². The molecule has 3 aromatic rings. The zero-order valence-corrected chi connectivity index (χ0v) is 18.2. The Kier molecular flexibility index (Phi) is 5.83. The van der Waals surface area contributed by atoms with E-state index in [4.69, 9.17) is 9.72 Å². The molecule has 0 spiro atoms. The molecular formula is C22H27N9O. The average Bonchev–Trinajstić information content (AvgIpc) is 3.24. The second kappa shape index (κ2) is 9.06. The fourth-order valence-electron chi connectivity index (χ4n) is 4.60. The van der Waals surface area contributed by atoms with E-state index in [0.717, 1.165) is 68.7 Å². The molecule has 2 aromatic heterocycles. The van der Waals surface area contributed by atoms with Crippen molar-refractivity contribution in [1.82, 2.24) is 29.9 Å². The van der Waals surface area contributed by atoms with Crippen molar-refractivity contribution in [2.45, 2.75) is 37.8 Å². The maximum atomic E-state index is 9.36. The summed E-state index contributed by atoms with van der Waals surface area (Å²) in [5, 5.41) is 25.3. The third kappa shape index (κ3) is 4.49. The molecule has 5 rings (SSSR count). The highest BCUT2D eigenvalue weighted by Crippen LogP contribution is 2.29. The number of nitrogens with one attached hydrogen (secondary N) is 2. The molecule has 166 valence electrons. The largest absolute Gasteiger partial charge is 0.379 e. The van der Waals surface area contributed by atoms with Crippen molar-refractivity contribution in [1.29, 1.82) is 5.26 Å². The van der Waals surface area contributed by atoms with Gasteiger partial charge in [0.15, 0.2) is 5.82 Å². The molecule has 10 nitrogen and oxygen atoms in total. The van der Waals surface area contributed by atoms with E-state index in [1.54, 1.807) is 19.3 Å². The summed E-state index contributed by atoms with van der Waals surface area (Å²) in [6, 6.07) is 8.67. The molecule has 1 saturated heterocycles. The summed E-state index contributed by atoms with van der Waals surface area (Å²) in [4.78, 5) is 13.4. The lowest BCUT2D eigenvalue weighted by Crippen LogP contribution is -2.46. The number of aryl methyl sites for hydroxylation is 1.